The Bertz CT molecular complexity index is 1380. The van der Waals surface area contributed by atoms with Crippen molar-refractivity contribution in [2.45, 2.75) is 46.1 Å². The second-order valence-corrected chi connectivity index (χ2v) is 9.70. The summed E-state index contributed by atoms with van der Waals surface area (Å²) in [6, 6.07) is 13.7. The molecule has 3 aromatic rings. The van der Waals surface area contributed by atoms with E-state index in [0.717, 1.165) is 33.6 Å². The minimum absolute atomic E-state index is 0.0648. The standard InChI is InChI=1S/C29H30N2O4/c1-7-35-19-13-20-16(2)15-29(4,5)31-26(20)21(14-19)23(27(31)32)24-22(28(33)34-6)17(3)30-25(24)18-11-9-8-10-12-18/h8-15,23,30H,7H2,1-6H3. The quantitative estimate of drug-likeness (QED) is 0.475. The fourth-order valence-corrected chi connectivity index (χ4v) is 5.68. The van der Waals surface area contributed by atoms with Gasteiger partial charge in [-0.15, -0.1) is 0 Å². The molecule has 6 nitrogen and oxygen atoms in total. The molecule has 1 N–H and O–H groups in total. The predicted octanol–water partition coefficient (Wildman–Crippen LogP) is 5.85. The number of carbonyl (C=O) groups excluding carboxylic acids is 2. The van der Waals surface area contributed by atoms with Gasteiger partial charge >= 0.3 is 5.97 Å². The lowest BCUT2D eigenvalue weighted by Gasteiger charge is -2.39. The van der Waals surface area contributed by atoms with Crippen LogP contribution in [0.15, 0.2) is 48.5 Å². The Balaban J connectivity index is 1.85. The van der Waals surface area contributed by atoms with Crippen LogP contribution in [0.25, 0.3) is 16.8 Å². The molecule has 1 atom stereocenters. The Labute approximate surface area is 205 Å². The summed E-state index contributed by atoms with van der Waals surface area (Å²) in [7, 11) is 1.37. The number of hydrogen-bond donors (Lipinski definition) is 1. The average Bonchev–Trinajstić information content (AvgIpc) is 3.31. The van der Waals surface area contributed by atoms with Gasteiger partial charge in [0.2, 0.25) is 5.91 Å². The third kappa shape index (κ3) is 3.39. The molecule has 1 amide bonds. The van der Waals surface area contributed by atoms with Crippen LogP contribution in [-0.2, 0) is 9.53 Å². The fourth-order valence-electron chi connectivity index (χ4n) is 5.68. The van der Waals surface area contributed by atoms with Crippen LogP contribution in [0.3, 0.4) is 0 Å². The summed E-state index contributed by atoms with van der Waals surface area (Å²) in [6.45, 7) is 10.5. The van der Waals surface area contributed by atoms with E-state index in [2.05, 4.69) is 18.0 Å². The van der Waals surface area contributed by atoms with E-state index in [9.17, 15) is 9.59 Å². The van der Waals surface area contributed by atoms with Gasteiger partial charge in [-0.25, -0.2) is 4.79 Å². The Kier molecular flexibility index (Phi) is 5.35. The largest absolute Gasteiger partial charge is 0.494 e. The number of nitrogens with zero attached hydrogens (tertiary/aromatic N) is 1. The van der Waals surface area contributed by atoms with Crippen molar-refractivity contribution in [1.82, 2.24) is 4.98 Å². The summed E-state index contributed by atoms with van der Waals surface area (Å²) in [5.74, 6) is -0.503. The molecule has 1 unspecified atom stereocenters. The van der Waals surface area contributed by atoms with Crippen LogP contribution in [0.1, 0.15) is 66.4 Å². The molecule has 0 saturated heterocycles. The molecule has 180 valence electrons. The van der Waals surface area contributed by atoms with Crippen molar-refractivity contribution >= 4 is 23.1 Å². The molecule has 1 aromatic heterocycles. The first-order chi connectivity index (χ1) is 16.7. The van der Waals surface area contributed by atoms with Crippen LogP contribution in [0, 0.1) is 6.92 Å². The van der Waals surface area contributed by atoms with Gasteiger partial charge in [0.1, 0.15) is 5.75 Å². The molecule has 0 bridgehead atoms. The first-order valence-corrected chi connectivity index (χ1v) is 11.9. The topological polar surface area (TPSA) is 71.6 Å². The number of aryl methyl sites for hydroxylation is 1. The van der Waals surface area contributed by atoms with Crippen LogP contribution in [-0.4, -0.2) is 36.1 Å². The molecule has 0 saturated carbocycles. The van der Waals surface area contributed by atoms with E-state index in [0.29, 0.717) is 29.2 Å². The first kappa shape index (κ1) is 23.0. The SMILES string of the molecule is CCOc1cc2c3c(c1)C(c1c(-c4ccccc4)[nH]c(C)c1C(=O)OC)C(=O)N3C(C)(C)C=C2C. The molecule has 0 radical (unpaired) electrons. The molecule has 0 aliphatic carbocycles. The van der Waals surface area contributed by atoms with Gasteiger partial charge in [0.15, 0.2) is 0 Å². The highest BCUT2D eigenvalue weighted by Gasteiger charge is 2.50. The maximum Gasteiger partial charge on any atom is 0.340 e. The Morgan fingerprint density at radius 1 is 1.14 bits per heavy atom. The molecule has 3 heterocycles. The van der Waals surface area contributed by atoms with Crippen molar-refractivity contribution in [3.63, 3.8) is 0 Å². The Morgan fingerprint density at radius 3 is 2.51 bits per heavy atom. The highest BCUT2D eigenvalue weighted by Crippen LogP contribution is 2.54. The number of rotatable bonds is 5. The molecule has 0 spiro atoms. The fraction of sp³-hybridized carbons (Fsp3) is 0.310. The molecular weight excluding hydrogens is 440 g/mol. The molecule has 2 aliphatic heterocycles. The highest BCUT2D eigenvalue weighted by molar-refractivity contribution is 6.14. The number of esters is 1. The van der Waals surface area contributed by atoms with E-state index >= 15 is 0 Å². The number of H-pyrrole nitrogens is 1. The lowest BCUT2D eigenvalue weighted by Crippen LogP contribution is -2.47. The molecular formula is C29H30N2O4. The number of anilines is 1. The second kappa shape index (κ2) is 8.15. The molecule has 2 aromatic carbocycles. The van der Waals surface area contributed by atoms with E-state index in [1.807, 2.05) is 75.1 Å². The summed E-state index contributed by atoms with van der Waals surface area (Å²) >= 11 is 0. The number of benzene rings is 2. The number of amides is 1. The van der Waals surface area contributed by atoms with Gasteiger partial charge < -0.3 is 19.4 Å². The van der Waals surface area contributed by atoms with Gasteiger partial charge in [-0.3, -0.25) is 4.79 Å². The van der Waals surface area contributed by atoms with Crippen LogP contribution >= 0.6 is 0 Å². The number of aromatic nitrogens is 1. The number of methoxy groups -OCH3 is 1. The van der Waals surface area contributed by atoms with Crippen LogP contribution in [0.4, 0.5) is 5.69 Å². The van der Waals surface area contributed by atoms with E-state index < -0.39 is 17.4 Å². The molecule has 6 heteroatoms. The maximum atomic E-state index is 14.3. The van der Waals surface area contributed by atoms with E-state index in [4.69, 9.17) is 9.47 Å². The number of ether oxygens (including phenoxy) is 2. The maximum absolute atomic E-state index is 14.3. The second-order valence-electron chi connectivity index (χ2n) is 9.70. The number of carbonyl (C=O) groups is 2. The minimum Gasteiger partial charge on any atom is -0.494 e. The number of allylic oxidation sites excluding steroid dienone is 1. The van der Waals surface area contributed by atoms with Gasteiger partial charge in [-0.05, 0) is 63.5 Å². The third-order valence-electron chi connectivity index (χ3n) is 6.96. The van der Waals surface area contributed by atoms with Gasteiger partial charge in [0.25, 0.3) is 0 Å². The number of hydrogen-bond acceptors (Lipinski definition) is 4. The Hall–Kier alpha value is -3.80. The summed E-state index contributed by atoms with van der Waals surface area (Å²) < 4.78 is 11.1. The lowest BCUT2D eigenvalue weighted by atomic mass is 9.85. The van der Waals surface area contributed by atoms with Crippen molar-refractivity contribution in [3.05, 3.63) is 76.5 Å². The first-order valence-electron chi connectivity index (χ1n) is 11.9. The van der Waals surface area contributed by atoms with E-state index in [1.165, 1.54) is 7.11 Å². The summed E-state index contributed by atoms with van der Waals surface area (Å²) in [4.78, 5) is 32.6. The van der Waals surface area contributed by atoms with E-state index in [1.54, 1.807) is 0 Å². The summed E-state index contributed by atoms with van der Waals surface area (Å²) in [6.07, 6.45) is 2.12. The molecule has 35 heavy (non-hydrogen) atoms. The molecule has 2 aliphatic rings. The number of aromatic amines is 1. The average molecular weight is 471 g/mol. The van der Waals surface area contributed by atoms with E-state index in [-0.39, 0.29) is 5.91 Å². The zero-order valence-electron chi connectivity index (χ0n) is 21.0. The van der Waals surface area contributed by atoms with Crippen molar-refractivity contribution in [2.24, 2.45) is 0 Å². The van der Waals surface area contributed by atoms with Crippen molar-refractivity contribution in [1.29, 1.82) is 0 Å². The summed E-state index contributed by atoms with van der Waals surface area (Å²) in [5.41, 5.74) is 6.66. The highest BCUT2D eigenvalue weighted by atomic mass is 16.5. The third-order valence-corrected chi connectivity index (χ3v) is 6.96. The predicted molar refractivity (Wildman–Crippen MR) is 137 cm³/mol. The van der Waals surface area contributed by atoms with Crippen molar-refractivity contribution < 1.29 is 19.1 Å². The minimum atomic E-state index is -0.683. The van der Waals surface area contributed by atoms with Crippen molar-refractivity contribution in [2.75, 3.05) is 18.6 Å². The zero-order chi connectivity index (χ0) is 25.1. The van der Waals surface area contributed by atoms with Gasteiger partial charge in [0, 0.05) is 16.8 Å². The monoisotopic (exact) mass is 470 g/mol. The normalized spacial score (nSPS) is 17.8. The van der Waals surface area contributed by atoms with Gasteiger partial charge in [-0.1, -0.05) is 36.4 Å². The zero-order valence-corrected chi connectivity index (χ0v) is 21.0. The van der Waals surface area contributed by atoms with Crippen LogP contribution in [0.5, 0.6) is 5.75 Å². The molecule has 5 rings (SSSR count). The van der Waals surface area contributed by atoms with Gasteiger partial charge in [0.05, 0.1) is 42.1 Å². The van der Waals surface area contributed by atoms with Crippen molar-refractivity contribution in [3.8, 4) is 17.0 Å². The number of nitrogens with one attached hydrogen (secondary N) is 1. The smallest absolute Gasteiger partial charge is 0.340 e. The molecule has 0 fully saturated rings. The Morgan fingerprint density at radius 2 is 1.86 bits per heavy atom. The van der Waals surface area contributed by atoms with Gasteiger partial charge in [-0.2, -0.15) is 0 Å². The lowest BCUT2D eigenvalue weighted by molar-refractivity contribution is -0.119. The van der Waals surface area contributed by atoms with Crippen LogP contribution in [0.2, 0.25) is 0 Å². The summed E-state index contributed by atoms with van der Waals surface area (Å²) in [5, 5.41) is 0. The van der Waals surface area contributed by atoms with Crippen LogP contribution < -0.4 is 9.64 Å².